The molecule has 4 rings (SSSR count). The van der Waals surface area contributed by atoms with Gasteiger partial charge in [0, 0.05) is 23.2 Å². The van der Waals surface area contributed by atoms with Crippen LogP contribution in [0.15, 0.2) is 69.9 Å². The first-order valence-electron chi connectivity index (χ1n) is 9.72. The first-order valence-corrected chi connectivity index (χ1v) is 11.6. The van der Waals surface area contributed by atoms with E-state index in [1.165, 1.54) is 17.3 Å². The third-order valence-corrected chi connectivity index (χ3v) is 6.45. The van der Waals surface area contributed by atoms with Crippen LogP contribution in [0.4, 0.5) is 0 Å². The predicted molar refractivity (Wildman–Crippen MR) is 121 cm³/mol. The monoisotopic (exact) mass is 438 g/mol. The molecule has 0 atom stereocenters. The number of aromatic nitrogens is 4. The minimum atomic E-state index is -0.179. The van der Waals surface area contributed by atoms with E-state index in [0.717, 1.165) is 28.4 Å². The highest BCUT2D eigenvalue weighted by molar-refractivity contribution is 7.98. The molecule has 0 saturated heterocycles. The van der Waals surface area contributed by atoms with Gasteiger partial charge >= 0.3 is 5.69 Å². The predicted octanol–water partition coefficient (Wildman–Crippen LogP) is 4.63. The molecular formula is C22H22N4O2S2. The molecular weight excluding hydrogens is 416 g/mol. The van der Waals surface area contributed by atoms with Crippen molar-refractivity contribution in [2.45, 2.75) is 30.8 Å². The molecule has 0 aliphatic rings. The average molecular weight is 439 g/mol. The van der Waals surface area contributed by atoms with Gasteiger partial charge in [0.15, 0.2) is 5.16 Å². The second-order valence-electron chi connectivity index (χ2n) is 6.59. The van der Waals surface area contributed by atoms with Crippen LogP contribution in [0.5, 0.6) is 5.75 Å². The summed E-state index contributed by atoms with van der Waals surface area (Å²) in [5.74, 6) is 1.52. The number of nitrogens with zero attached hydrogens (tertiary/aromatic N) is 3. The third kappa shape index (κ3) is 5.01. The van der Waals surface area contributed by atoms with Gasteiger partial charge in [0.2, 0.25) is 0 Å². The van der Waals surface area contributed by atoms with Crippen LogP contribution in [0.25, 0.3) is 10.6 Å². The number of aromatic amines is 1. The van der Waals surface area contributed by atoms with Gasteiger partial charge in [-0.2, -0.15) is 0 Å². The molecule has 2 aromatic heterocycles. The zero-order chi connectivity index (χ0) is 20.8. The maximum Gasteiger partial charge on any atom is 0.343 e. The smallest absolute Gasteiger partial charge is 0.343 e. The Hall–Kier alpha value is -2.84. The zero-order valence-electron chi connectivity index (χ0n) is 16.6. The Morgan fingerprint density at radius 1 is 1.13 bits per heavy atom. The third-order valence-electron chi connectivity index (χ3n) is 4.50. The molecule has 0 aliphatic carbocycles. The van der Waals surface area contributed by atoms with E-state index < -0.39 is 0 Å². The number of hydrogen-bond acceptors (Lipinski definition) is 6. The van der Waals surface area contributed by atoms with E-state index in [9.17, 15) is 4.79 Å². The molecule has 0 radical (unpaired) electrons. The van der Waals surface area contributed by atoms with E-state index in [0.29, 0.717) is 24.1 Å². The van der Waals surface area contributed by atoms with Gasteiger partial charge < -0.3 is 4.74 Å². The minimum Gasteiger partial charge on any atom is -0.494 e. The Balaban J connectivity index is 1.39. The summed E-state index contributed by atoms with van der Waals surface area (Å²) in [6.07, 6.45) is 0.784. The van der Waals surface area contributed by atoms with Crippen LogP contribution < -0.4 is 10.4 Å². The summed E-state index contributed by atoms with van der Waals surface area (Å²) in [6, 6.07) is 18.1. The van der Waals surface area contributed by atoms with Crippen LogP contribution in [0.1, 0.15) is 18.2 Å². The number of rotatable bonds is 9. The van der Waals surface area contributed by atoms with E-state index in [2.05, 4.69) is 27.7 Å². The number of thiazole rings is 1. The topological polar surface area (TPSA) is 72.8 Å². The Morgan fingerprint density at radius 2 is 1.93 bits per heavy atom. The quantitative estimate of drug-likeness (QED) is 0.386. The normalized spacial score (nSPS) is 11.0. The summed E-state index contributed by atoms with van der Waals surface area (Å²) < 4.78 is 7.18. The Morgan fingerprint density at radius 3 is 2.70 bits per heavy atom. The SMILES string of the molecule is CCOc1ccc(-c2nc(CSc3n[nH]c(=O)n3CCc3ccccc3)cs2)cc1. The molecule has 2 heterocycles. The number of H-pyrrole nitrogens is 1. The highest BCUT2D eigenvalue weighted by Gasteiger charge is 2.11. The molecule has 154 valence electrons. The molecule has 0 unspecified atom stereocenters. The fraction of sp³-hybridized carbons (Fsp3) is 0.227. The molecule has 6 nitrogen and oxygen atoms in total. The maximum absolute atomic E-state index is 12.1. The molecule has 1 N–H and O–H groups in total. The summed E-state index contributed by atoms with van der Waals surface area (Å²) in [5, 5.41) is 10.5. The van der Waals surface area contributed by atoms with Crippen LogP contribution in [0.3, 0.4) is 0 Å². The lowest BCUT2D eigenvalue weighted by atomic mass is 10.1. The molecule has 0 fully saturated rings. The summed E-state index contributed by atoms with van der Waals surface area (Å²) >= 11 is 3.13. The van der Waals surface area contributed by atoms with Gasteiger partial charge in [-0.15, -0.1) is 16.4 Å². The standard InChI is InChI=1S/C22H22N4O2S2/c1-2-28-19-10-8-17(9-11-19)20-23-18(14-29-20)15-30-22-25-24-21(27)26(22)13-12-16-6-4-3-5-7-16/h3-11,14H,2,12-13,15H2,1H3,(H,24,27). The molecule has 0 spiro atoms. The van der Waals surface area contributed by atoms with Crippen molar-refractivity contribution in [3.63, 3.8) is 0 Å². The first-order chi connectivity index (χ1) is 14.7. The fourth-order valence-electron chi connectivity index (χ4n) is 3.00. The maximum atomic E-state index is 12.1. The van der Waals surface area contributed by atoms with Crippen LogP contribution in [0, 0.1) is 0 Å². The van der Waals surface area contributed by atoms with Gasteiger partial charge in [-0.25, -0.2) is 14.9 Å². The number of thioether (sulfide) groups is 1. The van der Waals surface area contributed by atoms with E-state index in [1.54, 1.807) is 15.9 Å². The molecule has 0 bridgehead atoms. The number of ether oxygens (including phenoxy) is 1. The van der Waals surface area contributed by atoms with Crippen molar-refractivity contribution in [3.8, 4) is 16.3 Å². The van der Waals surface area contributed by atoms with Crippen molar-refractivity contribution in [1.29, 1.82) is 0 Å². The van der Waals surface area contributed by atoms with Crippen molar-refractivity contribution in [3.05, 3.63) is 81.7 Å². The minimum absolute atomic E-state index is 0.179. The summed E-state index contributed by atoms with van der Waals surface area (Å²) in [6.45, 7) is 3.22. The zero-order valence-corrected chi connectivity index (χ0v) is 18.2. The lowest BCUT2D eigenvalue weighted by Gasteiger charge is -2.05. The van der Waals surface area contributed by atoms with Gasteiger partial charge in [0.1, 0.15) is 10.8 Å². The summed E-state index contributed by atoms with van der Waals surface area (Å²) in [5.41, 5.74) is 3.06. The lowest BCUT2D eigenvalue weighted by Crippen LogP contribution is -2.18. The van der Waals surface area contributed by atoms with Crippen LogP contribution in [0.2, 0.25) is 0 Å². The average Bonchev–Trinajstić information content (AvgIpc) is 3.39. The van der Waals surface area contributed by atoms with Crippen molar-refractivity contribution >= 4 is 23.1 Å². The molecule has 8 heteroatoms. The van der Waals surface area contributed by atoms with E-state index >= 15 is 0 Å². The fourth-order valence-corrected chi connectivity index (χ4v) is 4.80. The van der Waals surface area contributed by atoms with Gasteiger partial charge in [0.25, 0.3) is 0 Å². The van der Waals surface area contributed by atoms with E-state index in [1.807, 2.05) is 49.4 Å². The van der Waals surface area contributed by atoms with Gasteiger partial charge in [0.05, 0.1) is 12.3 Å². The highest BCUT2D eigenvalue weighted by atomic mass is 32.2. The number of hydrogen-bond donors (Lipinski definition) is 1. The van der Waals surface area contributed by atoms with Crippen LogP contribution in [-0.2, 0) is 18.7 Å². The highest BCUT2D eigenvalue weighted by Crippen LogP contribution is 2.28. The molecule has 30 heavy (non-hydrogen) atoms. The second-order valence-corrected chi connectivity index (χ2v) is 8.39. The van der Waals surface area contributed by atoms with Crippen molar-refractivity contribution in [2.75, 3.05) is 6.61 Å². The summed E-state index contributed by atoms with van der Waals surface area (Å²) in [4.78, 5) is 16.9. The lowest BCUT2D eigenvalue weighted by molar-refractivity contribution is 0.340. The molecule has 0 amide bonds. The van der Waals surface area contributed by atoms with Gasteiger partial charge in [-0.05, 0) is 43.2 Å². The largest absolute Gasteiger partial charge is 0.494 e. The molecule has 0 aliphatic heterocycles. The van der Waals surface area contributed by atoms with Crippen LogP contribution in [-0.4, -0.2) is 26.4 Å². The van der Waals surface area contributed by atoms with Gasteiger partial charge in [-0.3, -0.25) is 4.57 Å². The Kier molecular flexibility index (Phi) is 6.66. The van der Waals surface area contributed by atoms with E-state index in [-0.39, 0.29) is 5.69 Å². The first kappa shape index (κ1) is 20.4. The molecule has 2 aromatic carbocycles. The number of benzene rings is 2. The second kappa shape index (κ2) is 9.77. The van der Waals surface area contributed by atoms with Crippen molar-refractivity contribution < 1.29 is 4.74 Å². The van der Waals surface area contributed by atoms with Crippen molar-refractivity contribution in [2.24, 2.45) is 0 Å². The Labute approximate surface area is 183 Å². The molecule has 0 saturated carbocycles. The van der Waals surface area contributed by atoms with Crippen molar-refractivity contribution in [1.82, 2.24) is 19.7 Å². The molecule has 4 aromatic rings. The van der Waals surface area contributed by atoms with Gasteiger partial charge in [-0.1, -0.05) is 42.1 Å². The number of aryl methyl sites for hydroxylation is 1. The number of nitrogens with one attached hydrogen (secondary N) is 1. The van der Waals surface area contributed by atoms with Crippen LogP contribution >= 0.6 is 23.1 Å². The summed E-state index contributed by atoms with van der Waals surface area (Å²) in [7, 11) is 0. The Bertz CT molecular complexity index is 1130. The van der Waals surface area contributed by atoms with E-state index in [4.69, 9.17) is 9.72 Å².